The van der Waals surface area contributed by atoms with E-state index in [1.165, 1.54) is 12.4 Å². The summed E-state index contributed by atoms with van der Waals surface area (Å²) in [4.78, 5) is 36.9. The average molecular weight is 348 g/mol. The molecule has 25 heavy (non-hydrogen) atoms. The van der Waals surface area contributed by atoms with Gasteiger partial charge in [-0.3, -0.25) is 14.6 Å². The van der Waals surface area contributed by atoms with Crippen LogP contribution >= 0.6 is 0 Å². The molecule has 8 heteroatoms. The van der Waals surface area contributed by atoms with E-state index in [1.54, 1.807) is 13.3 Å². The first-order valence-corrected chi connectivity index (χ1v) is 8.60. The minimum atomic E-state index is -0.115. The number of hydrogen-bond acceptors (Lipinski definition) is 6. The van der Waals surface area contributed by atoms with Crippen LogP contribution in [0.15, 0.2) is 18.6 Å². The summed E-state index contributed by atoms with van der Waals surface area (Å²) in [6.07, 6.45) is 6.50. The second-order valence-corrected chi connectivity index (χ2v) is 6.49. The van der Waals surface area contributed by atoms with Crippen LogP contribution in [0.5, 0.6) is 0 Å². The number of amides is 2. The van der Waals surface area contributed by atoms with Crippen LogP contribution in [0, 0.1) is 5.92 Å². The van der Waals surface area contributed by atoms with Crippen LogP contribution in [-0.4, -0.2) is 84.2 Å². The maximum Gasteiger partial charge on any atom is 0.274 e. The van der Waals surface area contributed by atoms with Gasteiger partial charge in [-0.2, -0.15) is 0 Å². The number of ether oxygens (including phenoxy) is 2. The maximum atomic E-state index is 12.7. The van der Waals surface area contributed by atoms with Gasteiger partial charge in [0.25, 0.3) is 5.91 Å². The van der Waals surface area contributed by atoms with E-state index in [1.807, 2.05) is 9.80 Å². The highest BCUT2D eigenvalue weighted by atomic mass is 16.5. The zero-order chi connectivity index (χ0) is 17.6. The van der Waals surface area contributed by atoms with Crippen LogP contribution in [0.3, 0.4) is 0 Å². The van der Waals surface area contributed by atoms with Gasteiger partial charge in [-0.05, 0) is 18.8 Å². The fraction of sp³-hybridized carbons (Fsp3) is 0.647. The molecule has 1 aromatic rings. The number of fused-ring (bicyclic) bond motifs is 4. The second-order valence-electron chi connectivity index (χ2n) is 6.49. The lowest BCUT2D eigenvalue weighted by molar-refractivity contribution is -0.140. The van der Waals surface area contributed by atoms with E-state index in [0.29, 0.717) is 44.5 Å². The molecule has 2 amide bonds. The molecular weight excluding hydrogens is 324 g/mol. The van der Waals surface area contributed by atoms with Gasteiger partial charge in [-0.25, -0.2) is 4.98 Å². The van der Waals surface area contributed by atoms with Crippen molar-refractivity contribution >= 4 is 11.8 Å². The summed E-state index contributed by atoms with van der Waals surface area (Å²) in [7, 11) is 1.60. The summed E-state index contributed by atoms with van der Waals surface area (Å²) >= 11 is 0. The quantitative estimate of drug-likeness (QED) is 0.683. The zero-order valence-corrected chi connectivity index (χ0v) is 14.5. The molecule has 2 atom stereocenters. The Hall–Kier alpha value is -2.06. The van der Waals surface area contributed by atoms with Gasteiger partial charge in [0.2, 0.25) is 5.91 Å². The normalized spacial score (nSPS) is 22.8. The molecule has 4 rings (SSSR count). The largest absolute Gasteiger partial charge is 0.382 e. The monoisotopic (exact) mass is 348 g/mol. The molecule has 0 N–H and O–H groups in total. The Bertz CT molecular complexity index is 598. The van der Waals surface area contributed by atoms with Crippen molar-refractivity contribution in [3.63, 3.8) is 0 Å². The summed E-state index contributed by atoms with van der Waals surface area (Å²) in [5.41, 5.74) is 0.351. The molecule has 1 aromatic heterocycles. The van der Waals surface area contributed by atoms with Crippen molar-refractivity contribution in [1.82, 2.24) is 19.8 Å². The van der Waals surface area contributed by atoms with Crippen molar-refractivity contribution in [1.29, 1.82) is 0 Å². The standard InChI is InChI=1S/C17H24N4O4/c1-24-6-7-25-12-16(22)21-10-13-2-3-14(21)11-20(9-13)17(23)15-8-18-4-5-19-15/h4-5,8,13-14H,2-3,6-7,9-12H2,1H3/t13-,14+/m0/s1. The summed E-state index contributed by atoms with van der Waals surface area (Å²) in [6, 6.07) is 0.0397. The zero-order valence-electron chi connectivity index (χ0n) is 14.5. The third kappa shape index (κ3) is 4.32. The molecule has 0 spiro atoms. The molecule has 136 valence electrons. The van der Waals surface area contributed by atoms with Crippen LogP contribution in [0.1, 0.15) is 23.3 Å². The van der Waals surface area contributed by atoms with Gasteiger partial charge >= 0.3 is 0 Å². The molecule has 0 aromatic carbocycles. The van der Waals surface area contributed by atoms with Gasteiger partial charge in [0.1, 0.15) is 12.3 Å². The molecular formula is C17H24N4O4. The van der Waals surface area contributed by atoms with Crippen molar-refractivity contribution in [2.45, 2.75) is 18.9 Å². The van der Waals surface area contributed by atoms with E-state index in [-0.39, 0.29) is 24.5 Å². The van der Waals surface area contributed by atoms with Gasteiger partial charge in [0.15, 0.2) is 0 Å². The minimum Gasteiger partial charge on any atom is -0.382 e. The van der Waals surface area contributed by atoms with E-state index in [2.05, 4.69) is 9.97 Å². The molecule has 0 saturated carbocycles. The van der Waals surface area contributed by atoms with Crippen molar-refractivity contribution < 1.29 is 19.1 Å². The number of hydrogen-bond donors (Lipinski definition) is 0. The smallest absolute Gasteiger partial charge is 0.274 e. The highest BCUT2D eigenvalue weighted by Crippen LogP contribution is 2.28. The first-order valence-electron chi connectivity index (χ1n) is 8.60. The van der Waals surface area contributed by atoms with Crippen molar-refractivity contribution in [2.75, 3.05) is 46.6 Å². The van der Waals surface area contributed by atoms with Crippen LogP contribution in [0.2, 0.25) is 0 Å². The fourth-order valence-electron chi connectivity index (χ4n) is 3.51. The summed E-state index contributed by atoms with van der Waals surface area (Å²) in [5.74, 6) is 0.164. The molecule has 0 aliphatic carbocycles. The van der Waals surface area contributed by atoms with E-state index in [4.69, 9.17) is 9.47 Å². The van der Waals surface area contributed by atoms with Crippen LogP contribution in [0.25, 0.3) is 0 Å². The molecule has 2 bridgehead atoms. The van der Waals surface area contributed by atoms with Crippen LogP contribution < -0.4 is 0 Å². The highest BCUT2D eigenvalue weighted by molar-refractivity contribution is 5.92. The summed E-state index contributed by atoms with van der Waals surface area (Å²) < 4.78 is 10.3. The van der Waals surface area contributed by atoms with E-state index in [0.717, 1.165) is 12.8 Å². The predicted octanol–water partition coefficient (Wildman–Crippen LogP) is 0.203. The van der Waals surface area contributed by atoms with Crippen molar-refractivity contribution in [2.24, 2.45) is 5.92 Å². The maximum absolute atomic E-state index is 12.7. The lowest BCUT2D eigenvalue weighted by Crippen LogP contribution is -2.49. The van der Waals surface area contributed by atoms with Crippen LogP contribution in [-0.2, 0) is 14.3 Å². The molecule has 3 saturated heterocycles. The third-order valence-corrected chi connectivity index (χ3v) is 4.76. The Morgan fingerprint density at radius 3 is 2.84 bits per heavy atom. The van der Waals surface area contributed by atoms with Gasteiger partial charge in [-0.15, -0.1) is 0 Å². The number of aromatic nitrogens is 2. The number of methoxy groups -OCH3 is 1. The minimum absolute atomic E-state index is 0.0143. The third-order valence-electron chi connectivity index (χ3n) is 4.76. The Morgan fingerprint density at radius 2 is 2.08 bits per heavy atom. The van der Waals surface area contributed by atoms with E-state index >= 15 is 0 Å². The summed E-state index contributed by atoms with van der Waals surface area (Å²) in [5, 5.41) is 0. The number of carbonyl (C=O) groups is 2. The second kappa shape index (κ2) is 8.35. The number of piperidine rings is 1. The molecule has 4 heterocycles. The van der Waals surface area contributed by atoms with Gasteiger partial charge in [0, 0.05) is 45.2 Å². The molecule has 3 fully saturated rings. The Balaban J connectivity index is 1.62. The molecule has 0 unspecified atom stereocenters. The van der Waals surface area contributed by atoms with Crippen molar-refractivity contribution in [3.05, 3.63) is 24.3 Å². The molecule has 3 aliphatic heterocycles. The Labute approximate surface area is 147 Å². The van der Waals surface area contributed by atoms with Gasteiger partial charge in [-0.1, -0.05) is 0 Å². The lowest BCUT2D eigenvalue weighted by Gasteiger charge is -2.36. The summed E-state index contributed by atoms with van der Waals surface area (Å²) in [6.45, 7) is 2.81. The average Bonchev–Trinajstić information content (AvgIpc) is 2.97. The Kier molecular flexibility index (Phi) is 5.93. The first kappa shape index (κ1) is 17.8. The number of nitrogens with zero attached hydrogens (tertiary/aromatic N) is 4. The van der Waals surface area contributed by atoms with E-state index < -0.39 is 0 Å². The lowest BCUT2D eigenvalue weighted by atomic mass is 9.95. The highest BCUT2D eigenvalue weighted by Gasteiger charge is 2.38. The number of rotatable bonds is 6. The topological polar surface area (TPSA) is 84.9 Å². The van der Waals surface area contributed by atoms with Crippen LogP contribution in [0.4, 0.5) is 0 Å². The van der Waals surface area contributed by atoms with Gasteiger partial charge < -0.3 is 19.3 Å². The SMILES string of the molecule is COCCOCC(=O)N1C[C@H]2CC[C@@H]1CN(C(=O)c1cnccn1)C2. The fourth-order valence-corrected chi connectivity index (χ4v) is 3.51. The predicted molar refractivity (Wildman–Crippen MR) is 88.9 cm³/mol. The Morgan fingerprint density at radius 1 is 1.20 bits per heavy atom. The van der Waals surface area contributed by atoms with E-state index in [9.17, 15) is 9.59 Å². The van der Waals surface area contributed by atoms with Gasteiger partial charge in [0.05, 0.1) is 19.4 Å². The van der Waals surface area contributed by atoms with Crippen molar-refractivity contribution in [3.8, 4) is 0 Å². The molecule has 0 radical (unpaired) electrons. The molecule has 3 aliphatic rings. The molecule has 8 nitrogen and oxygen atoms in total. The number of carbonyl (C=O) groups excluding carboxylic acids is 2. The first-order chi connectivity index (χ1) is 12.2.